The van der Waals surface area contributed by atoms with Crippen LogP contribution in [0.5, 0.6) is 0 Å². The first kappa shape index (κ1) is 23.3. The van der Waals surface area contributed by atoms with E-state index >= 15 is 0 Å². The fourth-order valence-corrected chi connectivity index (χ4v) is 2.85. The summed E-state index contributed by atoms with van der Waals surface area (Å²) in [6, 6.07) is 4.90. The number of fused-ring (bicyclic) bond motifs is 1. The molecule has 0 aliphatic carbocycles. The number of amides is 1. The molecule has 1 heterocycles. The lowest BCUT2D eigenvalue weighted by molar-refractivity contribution is -0.156. The largest absolute Gasteiger partial charge is 0.451 e. The van der Waals surface area contributed by atoms with Crippen molar-refractivity contribution in [3.8, 4) is 23.7 Å². The smallest absolute Gasteiger partial charge is 0.323 e. The van der Waals surface area contributed by atoms with Crippen LogP contribution in [0, 0.1) is 35.0 Å². The topological polar surface area (TPSA) is 84.7 Å². The van der Waals surface area contributed by atoms with Crippen molar-refractivity contribution < 1.29 is 14.3 Å². The number of rotatable bonds is 5. The highest BCUT2D eigenvalue weighted by atomic mass is 16.5. The maximum Gasteiger partial charge on any atom is 0.323 e. The summed E-state index contributed by atoms with van der Waals surface area (Å²) in [5, 5.41) is 2.83. The first-order valence-corrected chi connectivity index (χ1v) is 10.1. The molecule has 1 aliphatic rings. The lowest BCUT2D eigenvalue weighted by Crippen LogP contribution is -2.44. The van der Waals surface area contributed by atoms with E-state index in [4.69, 9.17) is 10.5 Å². The number of nitrogens with two attached hydrogens (primary N) is 1. The minimum absolute atomic E-state index is 0.0712. The van der Waals surface area contributed by atoms with E-state index in [-0.39, 0.29) is 23.7 Å². The lowest BCUT2D eigenvalue weighted by Gasteiger charge is -2.30. The van der Waals surface area contributed by atoms with Crippen molar-refractivity contribution in [2.45, 2.75) is 53.2 Å². The third kappa shape index (κ3) is 6.27. The molecule has 30 heavy (non-hydrogen) atoms. The van der Waals surface area contributed by atoms with Crippen LogP contribution >= 0.6 is 0 Å². The molecule has 2 atom stereocenters. The zero-order chi connectivity index (χ0) is 22.5. The number of ether oxygens (including phenoxy) is 1. The second-order valence-corrected chi connectivity index (χ2v) is 8.85. The molecule has 0 spiro atoms. The van der Waals surface area contributed by atoms with Crippen molar-refractivity contribution >= 4 is 23.3 Å². The zero-order valence-corrected chi connectivity index (χ0v) is 18.6. The Balaban J connectivity index is 2.16. The van der Waals surface area contributed by atoms with Gasteiger partial charge in [0.15, 0.2) is 6.10 Å². The molecule has 0 fully saturated rings. The highest BCUT2D eigenvalue weighted by Crippen LogP contribution is 2.32. The molecule has 0 aromatic heterocycles. The Hall–Kier alpha value is -2.96. The molecule has 0 saturated carbocycles. The number of nitrogens with zero attached hydrogens (tertiary/aromatic N) is 1. The molecule has 6 nitrogen and oxygen atoms in total. The molecule has 2 rings (SSSR count). The third-order valence-electron chi connectivity index (χ3n) is 4.66. The summed E-state index contributed by atoms with van der Waals surface area (Å²) >= 11 is 0. The van der Waals surface area contributed by atoms with Crippen LogP contribution in [0.25, 0.3) is 0 Å². The Morgan fingerprint density at radius 1 is 1.33 bits per heavy atom. The van der Waals surface area contributed by atoms with Gasteiger partial charge in [0.05, 0.1) is 6.54 Å². The van der Waals surface area contributed by atoms with Gasteiger partial charge in [-0.15, -0.1) is 0 Å². The molecule has 1 aromatic carbocycles. The van der Waals surface area contributed by atoms with Crippen LogP contribution in [0.15, 0.2) is 18.2 Å². The highest BCUT2D eigenvalue weighted by molar-refractivity contribution is 5.99. The maximum absolute atomic E-state index is 12.4. The van der Waals surface area contributed by atoms with Crippen molar-refractivity contribution in [3.63, 3.8) is 0 Å². The van der Waals surface area contributed by atoms with Crippen molar-refractivity contribution in [3.05, 3.63) is 23.8 Å². The fourth-order valence-electron chi connectivity index (χ4n) is 2.85. The molecular weight excluding hydrogens is 378 g/mol. The normalized spacial score (nSPS) is 16.3. The molecule has 1 unspecified atom stereocenters. The summed E-state index contributed by atoms with van der Waals surface area (Å²) in [5.41, 5.74) is 8.31. The highest BCUT2D eigenvalue weighted by Gasteiger charge is 2.33. The molecule has 0 radical (unpaired) electrons. The van der Waals surface area contributed by atoms with Gasteiger partial charge < -0.3 is 20.7 Å². The number of esters is 1. The number of anilines is 2. The van der Waals surface area contributed by atoms with Crippen molar-refractivity contribution in [1.29, 1.82) is 0 Å². The summed E-state index contributed by atoms with van der Waals surface area (Å²) in [6.45, 7) is 10.3. The van der Waals surface area contributed by atoms with Gasteiger partial charge in [-0.3, -0.25) is 9.59 Å². The molecular formula is C24H31N3O3. The van der Waals surface area contributed by atoms with Crippen LogP contribution in [-0.2, 0) is 20.7 Å². The fraction of sp³-hybridized carbons (Fsp3) is 0.500. The van der Waals surface area contributed by atoms with E-state index < -0.39 is 18.1 Å². The van der Waals surface area contributed by atoms with Gasteiger partial charge in [-0.2, -0.15) is 0 Å². The number of benzene rings is 1. The van der Waals surface area contributed by atoms with Gasteiger partial charge in [0, 0.05) is 35.8 Å². The minimum atomic E-state index is -0.909. The second kappa shape index (κ2) is 9.69. The third-order valence-corrected chi connectivity index (χ3v) is 4.66. The molecule has 0 saturated heterocycles. The van der Waals surface area contributed by atoms with Crippen LogP contribution in [0.1, 0.15) is 40.2 Å². The number of carbonyl (C=O) groups is 2. The number of hydrogen-bond donors (Lipinski definition) is 2. The van der Waals surface area contributed by atoms with E-state index in [0.717, 1.165) is 11.3 Å². The van der Waals surface area contributed by atoms with E-state index in [0.29, 0.717) is 12.2 Å². The summed E-state index contributed by atoms with van der Waals surface area (Å²) in [4.78, 5) is 26.6. The number of hydrogen-bond acceptors (Lipinski definition) is 5. The van der Waals surface area contributed by atoms with E-state index in [2.05, 4.69) is 29.0 Å². The summed E-state index contributed by atoms with van der Waals surface area (Å²) in [7, 11) is 1.92. The molecule has 1 amide bonds. The van der Waals surface area contributed by atoms with E-state index in [1.165, 1.54) is 0 Å². The van der Waals surface area contributed by atoms with Crippen LogP contribution in [0.3, 0.4) is 0 Å². The summed E-state index contributed by atoms with van der Waals surface area (Å²) in [5.74, 6) is 10.9. The van der Waals surface area contributed by atoms with Gasteiger partial charge in [0.1, 0.15) is 6.04 Å². The van der Waals surface area contributed by atoms with Crippen LogP contribution in [0.4, 0.5) is 11.4 Å². The Bertz CT molecular complexity index is 923. The summed E-state index contributed by atoms with van der Waals surface area (Å²) in [6.07, 6.45) is -0.622. The first-order valence-electron chi connectivity index (χ1n) is 10.1. The van der Waals surface area contributed by atoms with Gasteiger partial charge in [0.25, 0.3) is 5.91 Å². The molecule has 1 aromatic rings. The van der Waals surface area contributed by atoms with E-state index in [1.54, 1.807) is 0 Å². The Labute approximate surface area is 179 Å². The second-order valence-electron chi connectivity index (χ2n) is 8.85. The van der Waals surface area contributed by atoms with Gasteiger partial charge in [-0.05, 0) is 50.7 Å². The number of nitrogens with one attached hydrogen (secondary N) is 1. The molecule has 0 bridgehead atoms. The molecule has 160 valence electrons. The predicted octanol–water partition coefficient (Wildman–Crippen LogP) is 2.57. The SMILES string of the molecule is CC(C)[C@H](N)C(=O)OC1Cc2c(cccc2N(C)CC#CC#CC(C)(C)C)NC1=O. The van der Waals surface area contributed by atoms with Gasteiger partial charge >= 0.3 is 5.97 Å². The zero-order valence-electron chi connectivity index (χ0n) is 18.6. The van der Waals surface area contributed by atoms with E-state index in [9.17, 15) is 9.59 Å². The van der Waals surface area contributed by atoms with Crippen molar-refractivity contribution in [2.75, 3.05) is 23.8 Å². The molecule has 6 heteroatoms. The molecule has 1 aliphatic heterocycles. The van der Waals surface area contributed by atoms with Crippen molar-refractivity contribution in [2.24, 2.45) is 17.1 Å². The van der Waals surface area contributed by atoms with Crippen LogP contribution in [-0.4, -0.2) is 37.6 Å². The minimum Gasteiger partial charge on any atom is -0.451 e. The van der Waals surface area contributed by atoms with Crippen LogP contribution in [0.2, 0.25) is 0 Å². The first-order chi connectivity index (χ1) is 14.0. The number of carbonyl (C=O) groups excluding carboxylic acids is 2. The average molecular weight is 410 g/mol. The Kier molecular flexibility index (Phi) is 7.54. The standard InChI is InChI=1S/C24H31N3O3/c1-16(2)21(25)23(29)30-20-15-17-18(26-22(20)28)11-10-12-19(17)27(6)14-9-7-8-13-24(3,4)5/h10-12,16,20-21H,14-15,25H2,1-6H3,(H,26,28)/t20?,21-/m0/s1. The lowest BCUT2D eigenvalue weighted by atomic mass is 9.98. The Morgan fingerprint density at radius 2 is 2.03 bits per heavy atom. The summed E-state index contributed by atoms with van der Waals surface area (Å²) < 4.78 is 5.42. The predicted molar refractivity (Wildman–Crippen MR) is 120 cm³/mol. The average Bonchev–Trinajstić information content (AvgIpc) is 2.65. The van der Waals surface area contributed by atoms with Crippen molar-refractivity contribution in [1.82, 2.24) is 0 Å². The quantitative estimate of drug-likeness (QED) is 0.577. The van der Waals surface area contributed by atoms with Gasteiger partial charge in [-0.1, -0.05) is 31.8 Å². The van der Waals surface area contributed by atoms with Crippen LogP contribution < -0.4 is 16.0 Å². The maximum atomic E-state index is 12.4. The van der Waals surface area contributed by atoms with Gasteiger partial charge in [-0.25, -0.2) is 0 Å². The molecule has 3 N–H and O–H groups in total. The monoisotopic (exact) mass is 409 g/mol. The van der Waals surface area contributed by atoms with E-state index in [1.807, 2.05) is 64.8 Å². The Morgan fingerprint density at radius 3 is 2.67 bits per heavy atom. The van der Waals surface area contributed by atoms with Gasteiger partial charge in [0.2, 0.25) is 0 Å².